The second-order valence-corrected chi connectivity index (χ2v) is 6.81. The molecule has 0 radical (unpaired) electrons. The monoisotopic (exact) mass is 156 g/mol. The minimum Gasteiger partial charge on any atom is -0.234 e. The van der Waals surface area contributed by atoms with Gasteiger partial charge in [-0.15, -0.1) is 0 Å². The first-order chi connectivity index (χ1) is 4.39. The molecule has 0 saturated heterocycles. The first-order valence-electron chi connectivity index (χ1n) is 3.65. The Labute approximate surface area is 64.7 Å². The van der Waals surface area contributed by atoms with Crippen molar-refractivity contribution in [1.82, 2.24) is 0 Å². The smallest absolute Gasteiger partial charge is 0.119 e. The molecule has 0 bridgehead atoms. The Balaban J connectivity index is 4.57. The molecule has 0 aromatic carbocycles. The van der Waals surface area contributed by atoms with Crippen molar-refractivity contribution in [3.05, 3.63) is 5.20 Å². The number of hydrogen-bond donors (Lipinski definition) is 0. The lowest BCUT2D eigenvalue weighted by molar-refractivity contribution is 0.517. The molecule has 10 heavy (non-hydrogen) atoms. The number of rotatable bonds is 1. The zero-order valence-electron chi connectivity index (χ0n) is 7.49. The standard InChI is InChI=1S/C8H16OSi/c1-8(2,3)7(6-9)10(4)5/h10H,1-5H3. The molecule has 0 saturated carbocycles. The summed E-state index contributed by atoms with van der Waals surface area (Å²) in [5, 5.41) is 1.01. The van der Waals surface area contributed by atoms with Gasteiger partial charge in [0.2, 0.25) is 0 Å². The first-order valence-corrected chi connectivity index (χ1v) is 6.53. The SMILES string of the molecule is C[SiH](C)C(=C=O)C(C)(C)C. The second-order valence-electron chi connectivity index (χ2n) is 3.92. The van der Waals surface area contributed by atoms with Crippen LogP contribution < -0.4 is 0 Å². The number of carbonyl (C=O) groups excluding carboxylic acids is 1. The summed E-state index contributed by atoms with van der Waals surface area (Å²) in [6, 6.07) is 0. The Kier molecular flexibility index (Phi) is 3.07. The van der Waals surface area contributed by atoms with Gasteiger partial charge in [0.15, 0.2) is 0 Å². The van der Waals surface area contributed by atoms with Crippen LogP contribution in [0.3, 0.4) is 0 Å². The summed E-state index contributed by atoms with van der Waals surface area (Å²) in [5.41, 5.74) is 0.0438. The van der Waals surface area contributed by atoms with Crippen LogP contribution in [0.2, 0.25) is 13.1 Å². The van der Waals surface area contributed by atoms with E-state index in [1.165, 1.54) is 0 Å². The molecule has 0 spiro atoms. The normalized spacial score (nSPS) is 11.4. The van der Waals surface area contributed by atoms with E-state index in [-0.39, 0.29) is 5.41 Å². The molecule has 0 aliphatic carbocycles. The summed E-state index contributed by atoms with van der Waals surface area (Å²) in [5.74, 6) is 2.07. The molecule has 0 unspecified atom stereocenters. The Morgan fingerprint density at radius 3 is 1.70 bits per heavy atom. The van der Waals surface area contributed by atoms with E-state index in [4.69, 9.17) is 0 Å². The van der Waals surface area contributed by atoms with Gasteiger partial charge in [0.25, 0.3) is 0 Å². The van der Waals surface area contributed by atoms with Crippen LogP contribution in [0, 0.1) is 5.41 Å². The summed E-state index contributed by atoms with van der Waals surface area (Å²) >= 11 is 0. The van der Waals surface area contributed by atoms with Crippen LogP contribution in [-0.2, 0) is 4.79 Å². The molecular weight excluding hydrogens is 140 g/mol. The molecule has 0 atom stereocenters. The van der Waals surface area contributed by atoms with Gasteiger partial charge in [0, 0.05) is 5.20 Å². The lowest BCUT2D eigenvalue weighted by atomic mass is 9.97. The minimum absolute atomic E-state index is 0.0438. The van der Waals surface area contributed by atoms with Crippen molar-refractivity contribution in [2.45, 2.75) is 33.9 Å². The fraction of sp³-hybridized carbons (Fsp3) is 0.750. The Hall–Kier alpha value is -0.333. The van der Waals surface area contributed by atoms with E-state index in [2.05, 4.69) is 39.8 Å². The van der Waals surface area contributed by atoms with E-state index in [1.807, 2.05) is 0 Å². The van der Waals surface area contributed by atoms with E-state index >= 15 is 0 Å². The molecule has 0 heterocycles. The van der Waals surface area contributed by atoms with Crippen molar-refractivity contribution in [3.8, 4) is 0 Å². The predicted octanol–water partition coefficient (Wildman–Crippen LogP) is 1.82. The minimum atomic E-state index is -0.917. The third-order valence-corrected chi connectivity index (χ3v) is 3.63. The molecule has 0 N–H and O–H groups in total. The summed E-state index contributed by atoms with van der Waals surface area (Å²) < 4.78 is 0. The molecule has 0 aromatic heterocycles. The Morgan fingerprint density at radius 1 is 1.30 bits per heavy atom. The lowest BCUT2D eigenvalue weighted by Gasteiger charge is -2.21. The highest BCUT2D eigenvalue weighted by molar-refractivity contribution is 6.65. The van der Waals surface area contributed by atoms with Gasteiger partial charge in [-0.1, -0.05) is 33.9 Å². The Morgan fingerprint density at radius 2 is 1.70 bits per heavy atom. The van der Waals surface area contributed by atoms with Gasteiger partial charge in [-0.2, -0.15) is 0 Å². The van der Waals surface area contributed by atoms with Gasteiger partial charge in [0.1, 0.15) is 5.94 Å². The van der Waals surface area contributed by atoms with E-state index < -0.39 is 8.80 Å². The van der Waals surface area contributed by atoms with Gasteiger partial charge in [0.05, 0.1) is 8.80 Å². The second kappa shape index (κ2) is 3.18. The maximum Gasteiger partial charge on any atom is 0.119 e. The van der Waals surface area contributed by atoms with Gasteiger partial charge >= 0.3 is 0 Å². The highest BCUT2D eigenvalue weighted by Gasteiger charge is 2.21. The summed E-state index contributed by atoms with van der Waals surface area (Å²) in [4.78, 5) is 10.5. The molecule has 2 heteroatoms. The largest absolute Gasteiger partial charge is 0.234 e. The quantitative estimate of drug-likeness (QED) is 0.418. The topological polar surface area (TPSA) is 17.1 Å². The molecule has 0 amide bonds. The van der Waals surface area contributed by atoms with Crippen molar-refractivity contribution in [2.24, 2.45) is 5.41 Å². The molecule has 0 aliphatic rings. The highest BCUT2D eigenvalue weighted by atomic mass is 28.3. The van der Waals surface area contributed by atoms with E-state index in [0.717, 1.165) is 5.20 Å². The van der Waals surface area contributed by atoms with Crippen LogP contribution in [-0.4, -0.2) is 14.7 Å². The first kappa shape index (κ1) is 9.67. The molecule has 0 rings (SSSR count). The van der Waals surface area contributed by atoms with E-state index in [1.54, 1.807) is 0 Å². The van der Waals surface area contributed by atoms with Crippen molar-refractivity contribution in [1.29, 1.82) is 0 Å². The number of hydrogen-bond acceptors (Lipinski definition) is 1. The van der Waals surface area contributed by atoms with Crippen LogP contribution in [0.15, 0.2) is 5.20 Å². The average molecular weight is 156 g/mol. The van der Waals surface area contributed by atoms with Crippen LogP contribution in [0.25, 0.3) is 0 Å². The maximum atomic E-state index is 10.5. The average Bonchev–Trinajstić information content (AvgIpc) is 1.60. The van der Waals surface area contributed by atoms with Gasteiger partial charge < -0.3 is 0 Å². The molecule has 58 valence electrons. The van der Waals surface area contributed by atoms with Crippen LogP contribution in [0.5, 0.6) is 0 Å². The van der Waals surface area contributed by atoms with Gasteiger partial charge in [-0.05, 0) is 5.41 Å². The molecule has 0 aliphatic heterocycles. The zero-order chi connectivity index (χ0) is 8.36. The van der Waals surface area contributed by atoms with E-state index in [9.17, 15) is 4.79 Å². The predicted molar refractivity (Wildman–Crippen MR) is 47.5 cm³/mol. The zero-order valence-corrected chi connectivity index (χ0v) is 8.64. The maximum absolute atomic E-state index is 10.5. The third kappa shape index (κ3) is 2.50. The summed E-state index contributed by atoms with van der Waals surface area (Å²) in [7, 11) is -0.917. The van der Waals surface area contributed by atoms with Crippen LogP contribution in [0.4, 0.5) is 0 Å². The fourth-order valence-electron chi connectivity index (χ4n) is 1.14. The van der Waals surface area contributed by atoms with Crippen molar-refractivity contribution in [2.75, 3.05) is 0 Å². The molecule has 0 aromatic rings. The van der Waals surface area contributed by atoms with Crippen molar-refractivity contribution in [3.63, 3.8) is 0 Å². The fourth-order valence-corrected chi connectivity index (χ4v) is 3.10. The van der Waals surface area contributed by atoms with E-state index in [0.29, 0.717) is 0 Å². The summed E-state index contributed by atoms with van der Waals surface area (Å²) in [6.45, 7) is 10.5. The summed E-state index contributed by atoms with van der Waals surface area (Å²) in [6.07, 6.45) is 0. The van der Waals surface area contributed by atoms with Crippen LogP contribution in [0.1, 0.15) is 20.8 Å². The van der Waals surface area contributed by atoms with Gasteiger partial charge in [-0.3, -0.25) is 0 Å². The Bertz CT molecular complexity index is 159. The molecule has 0 fully saturated rings. The van der Waals surface area contributed by atoms with Gasteiger partial charge in [-0.25, -0.2) is 4.79 Å². The van der Waals surface area contributed by atoms with Crippen molar-refractivity contribution < 1.29 is 4.79 Å². The number of allylic oxidation sites excluding steroid dienone is 1. The molecular formula is C8H16OSi. The van der Waals surface area contributed by atoms with Crippen molar-refractivity contribution >= 4 is 14.7 Å². The van der Waals surface area contributed by atoms with Crippen LogP contribution >= 0.6 is 0 Å². The lowest BCUT2D eigenvalue weighted by Crippen LogP contribution is -2.21. The highest BCUT2D eigenvalue weighted by Crippen LogP contribution is 2.24. The third-order valence-electron chi connectivity index (χ3n) is 1.50. The molecule has 1 nitrogen and oxygen atoms in total.